The van der Waals surface area contributed by atoms with Crippen molar-refractivity contribution in [2.24, 2.45) is 11.8 Å². The van der Waals surface area contributed by atoms with Crippen LogP contribution in [0.4, 0.5) is 0 Å². The Morgan fingerprint density at radius 2 is 1.66 bits per heavy atom. The van der Waals surface area contributed by atoms with Gasteiger partial charge in [-0.2, -0.15) is 0 Å². The fourth-order valence-electron chi connectivity index (χ4n) is 4.45. The van der Waals surface area contributed by atoms with Crippen LogP contribution in [0.2, 0.25) is 10.0 Å². The van der Waals surface area contributed by atoms with Gasteiger partial charge in [0, 0.05) is 28.5 Å². The number of fused-ring (bicyclic) bond motifs is 1. The summed E-state index contributed by atoms with van der Waals surface area (Å²) in [6.07, 6.45) is 2.73. The molecule has 1 heterocycles. The Kier molecular flexibility index (Phi) is 7.33. The van der Waals surface area contributed by atoms with Crippen LogP contribution in [0.25, 0.3) is 0 Å². The Bertz CT molecular complexity index is 997. The van der Waals surface area contributed by atoms with Gasteiger partial charge in [-0.25, -0.2) is 0 Å². The zero-order valence-corrected chi connectivity index (χ0v) is 19.8. The van der Waals surface area contributed by atoms with E-state index in [9.17, 15) is 9.59 Å². The van der Waals surface area contributed by atoms with Gasteiger partial charge in [-0.15, -0.1) is 0 Å². The molecule has 0 radical (unpaired) electrons. The second kappa shape index (κ2) is 10.2. The molecule has 1 aliphatic carbocycles. The van der Waals surface area contributed by atoms with Crippen molar-refractivity contribution >= 4 is 52.3 Å². The number of rotatable bonds is 6. The van der Waals surface area contributed by atoms with E-state index in [0.717, 1.165) is 17.5 Å². The van der Waals surface area contributed by atoms with E-state index in [1.54, 1.807) is 17.0 Å². The minimum absolute atomic E-state index is 0.0373. The largest absolute Gasteiger partial charge is 0.359 e. The number of benzene rings is 2. The summed E-state index contributed by atoms with van der Waals surface area (Å²) >= 11 is 17.4. The average Bonchev–Trinajstić information content (AvgIpc) is 2.78. The van der Waals surface area contributed by atoms with E-state index in [4.69, 9.17) is 35.4 Å². The molecule has 2 N–H and O–H groups in total. The van der Waals surface area contributed by atoms with Crippen LogP contribution < -0.4 is 10.6 Å². The van der Waals surface area contributed by atoms with Crippen LogP contribution in [-0.2, 0) is 22.6 Å². The number of hydrogen-bond donors (Lipinski definition) is 2. The molecule has 2 amide bonds. The van der Waals surface area contributed by atoms with E-state index in [2.05, 4.69) is 10.6 Å². The van der Waals surface area contributed by atoms with E-state index >= 15 is 0 Å². The van der Waals surface area contributed by atoms with Gasteiger partial charge in [0.2, 0.25) is 11.8 Å². The topological polar surface area (TPSA) is 61.4 Å². The molecule has 1 saturated carbocycles. The van der Waals surface area contributed by atoms with Gasteiger partial charge in [-0.3, -0.25) is 14.5 Å². The average molecular weight is 490 g/mol. The van der Waals surface area contributed by atoms with E-state index < -0.39 is 0 Å². The number of nitrogens with one attached hydrogen (secondary N) is 2. The lowest BCUT2D eigenvalue weighted by Gasteiger charge is -2.43. The molecule has 2 aromatic rings. The molecule has 0 spiro atoms. The minimum Gasteiger partial charge on any atom is -0.359 e. The number of carbonyl (C=O) groups excluding carboxylic acids is 2. The van der Waals surface area contributed by atoms with Gasteiger partial charge in [0.15, 0.2) is 5.11 Å². The Hall–Kier alpha value is -2.15. The first-order chi connectivity index (χ1) is 15.4. The first-order valence-corrected chi connectivity index (χ1v) is 12.0. The second-order valence-electron chi connectivity index (χ2n) is 8.39. The SMILES string of the molecule is O=C(NCCc1ccc(Cl)cc1)C1CCC2C(=O)N(Cc3ccc(Cl)cc3)C(=S)NC2C1. The van der Waals surface area contributed by atoms with Gasteiger partial charge in [-0.1, -0.05) is 47.5 Å². The molecule has 4 rings (SSSR count). The summed E-state index contributed by atoms with van der Waals surface area (Å²) in [6.45, 7) is 0.990. The normalized spacial score (nSPS) is 22.8. The molecule has 5 nitrogen and oxygen atoms in total. The molecule has 32 heavy (non-hydrogen) atoms. The van der Waals surface area contributed by atoms with Crippen molar-refractivity contribution in [2.45, 2.75) is 38.3 Å². The Morgan fingerprint density at radius 1 is 1.03 bits per heavy atom. The molecule has 1 saturated heterocycles. The van der Waals surface area contributed by atoms with Crippen LogP contribution in [-0.4, -0.2) is 34.4 Å². The maximum absolute atomic E-state index is 13.1. The number of carbonyl (C=O) groups is 2. The molecule has 3 unspecified atom stereocenters. The van der Waals surface area contributed by atoms with Gasteiger partial charge in [-0.05, 0) is 73.3 Å². The van der Waals surface area contributed by atoms with Crippen molar-refractivity contribution < 1.29 is 9.59 Å². The lowest BCUT2D eigenvalue weighted by Crippen LogP contribution is -2.61. The lowest BCUT2D eigenvalue weighted by atomic mass is 9.76. The molecular formula is C24H25Cl2N3O2S. The minimum atomic E-state index is -0.160. The molecule has 3 atom stereocenters. The molecule has 1 aliphatic heterocycles. The summed E-state index contributed by atoms with van der Waals surface area (Å²) in [6, 6.07) is 14.9. The molecule has 2 aromatic carbocycles. The van der Waals surface area contributed by atoms with Gasteiger partial charge in [0.1, 0.15) is 0 Å². The number of nitrogens with zero attached hydrogens (tertiary/aromatic N) is 1. The third-order valence-electron chi connectivity index (χ3n) is 6.24. The fraction of sp³-hybridized carbons (Fsp3) is 0.375. The number of halogens is 2. The quantitative estimate of drug-likeness (QED) is 0.591. The van der Waals surface area contributed by atoms with Crippen molar-refractivity contribution in [3.05, 3.63) is 69.7 Å². The van der Waals surface area contributed by atoms with Crippen molar-refractivity contribution in [2.75, 3.05) is 6.54 Å². The van der Waals surface area contributed by atoms with Gasteiger partial charge in [0.25, 0.3) is 0 Å². The summed E-state index contributed by atoms with van der Waals surface area (Å²) in [5, 5.41) is 8.15. The summed E-state index contributed by atoms with van der Waals surface area (Å²) in [7, 11) is 0. The van der Waals surface area contributed by atoms with Crippen LogP contribution in [0.15, 0.2) is 48.5 Å². The zero-order valence-electron chi connectivity index (χ0n) is 17.5. The molecule has 2 fully saturated rings. The van der Waals surface area contributed by atoms with Crippen LogP contribution in [0, 0.1) is 11.8 Å². The van der Waals surface area contributed by atoms with Gasteiger partial charge < -0.3 is 10.6 Å². The van der Waals surface area contributed by atoms with E-state index in [0.29, 0.717) is 47.5 Å². The van der Waals surface area contributed by atoms with Crippen LogP contribution in [0.1, 0.15) is 30.4 Å². The Labute approximate surface area is 203 Å². The highest BCUT2D eigenvalue weighted by atomic mass is 35.5. The third kappa shape index (κ3) is 5.42. The second-order valence-corrected chi connectivity index (χ2v) is 9.65. The highest BCUT2D eigenvalue weighted by Gasteiger charge is 2.44. The first-order valence-electron chi connectivity index (χ1n) is 10.8. The van der Waals surface area contributed by atoms with Crippen LogP contribution in [0.5, 0.6) is 0 Å². The predicted molar refractivity (Wildman–Crippen MR) is 131 cm³/mol. The van der Waals surface area contributed by atoms with E-state index in [1.807, 2.05) is 36.4 Å². The highest BCUT2D eigenvalue weighted by molar-refractivity contribution is 7.80. The first kappa shape index (κ1) is 23.0. The number of thiocarbonyl (C=S) groups is 1. The van der Waals surface area contributed by atoms with Crippen molar-refractivity contribution in [1.82, 2.24) is 15.5 Å². The molecular weight excluding hydrogens is 465 g/mol. The standard InChI is InChI=1S/C24H25Cl2N3O2S/c25-18-6-1-15(2-7-18)11-12-27-22(30)17-5-10-20-21(13-17)28-24(32)29(23(20)31)14-16-3-8-19(26)9-4-16/h1-4,6-9,17,20-21H,5,10-14H2,(H,27,30)(H,28,32). The van der Waals surface area contributed by atoms with Crippen LogP contribution >= 0.6 is 35.4 Å². The molecule has 8 heteroatoms. The smallest absolute Gasteiger partial charge is 0.234 e. The van der Waals surface area contributed by atoms with Gasteiger partial charge >= 0.3 is 0 Å². The summed E-state index contributed by atoms with van der Waals surface area (Å²) in [5.41, 5.74) is 2.10. The molecule has 0 bridgehead atoms. The van der Waals surface area contributed by atoms with Gasteiger partial charge in [0.05, 0.1) is 12.5 Å². The molecule has 168 valence electrons. The van der Waals surface area contributed by atoms with E-state index in [1.165, 1.54) is 0 Å². The number of hydrogen-bond acceptors (Lipinski definition) is 3. The third-order valence-corrected chi connectivity index (χ3v) is 7.08. The van der Waals surface area contributed by atoms with Crippen molar-refractivity contribution in [1.29, 1.82) is 0 Å². The fourth-order valence-corrected chi connectivity index (χ4v) is 5.01. The maximum Gasteiger partial charge on any atom is 0.234 e. The predicted octanol–water partition coefficient (Wildman–Crippen LogP) is 4.35. The number of amides is 2. The zero-order chi connectivity index (χ0) is 22.7. The summed E-state index contributed by atoms with van der Waals surface area (Å²) < 4.78 is 0. The maximum atomic E-state index is 13.1. The van der Waals surface area contributed by atoms with Crippen molar-refractivity contribution in [3.8, 4) is 0 Å². The molecule has 0 aromatic heterocycles. The van der Waals surface area contributed by atoms with Crippen molar-refractivity contribution in [3.63, 3.8) is 0 Å². The monoisotopic (exact) mass is 489 g/mol. The van der Waals surface area contributed by atoms with Crippen LogP contribution in [0.3, 0.4) is 0 Å². The lowest BCUT2D eigenvalue weighted by molar-refractivity contribution is -0.138. The Morgan fingerprint density at radius 3 is 2.31 bits per heavy atom. The van der Waals surface area contributed by atoms with E-state index in [-0.39, 0.29) is 29.7 Å². The summed E-state index contributed by atoms with van der Waals surface area (Å²) in [5.74, 6) is -0.198. The highest BCUT2D eigenvalue weighted by Crippen LogP contribution is 2.33. The molecule has 2 aliphatic rings. The Balaban J connectivity index is 1.30. The summed E-state index contributed by atoms with van der Waals surface area (Å²) in [4.78, 5) is 27.5.